The van der Waals surface area contributed by atoms with Crippen LogP contribution in [0.5, 0.6) is 0 Å². The van der Waals surface area contributed by atoms with Gasteiger partial charge in [-0.1, -0.05) is 12.8 Å². The fourth-order valence-electron chi connectivity index (χ4n) is 2.00. The molecule has 0 radical (unpaired) electrons. The summed E-state index contributed by atoms with van der Waals surface area (Å²) in [5.41, 5.74) is -0.0145. The molecule has 12 heavy (non-hydrogen) atoms. The van der Waals surface area contributed by atoms with E-state index in [9.17, 15) is 0 Å². The van der Waals surface area contributed by atoms with Crippen molar-refractivity contribution in [3.63, 3.8) is 0 Å². The quantitative estimate of drug-likeness (QED) is 0.627. The first-order valence-electron chi connectivity index (χ1n) is 4.84. The van der Waals surface area contributed by atoms with Gasteiger partial charge in [-0.3, -0.25) is 0 Å². The van der Waals surface area contributed by atoms with Crippen LogP contribution in [0.3, 0.4) is 0 Å². The Morgan fingerprint density at radius 1 is 1.33 bits per heavy atom. The molecule has 0 aromatic carbocycles. The van der Waals surface area contributed by atoms with Crippen LogP contribution in [0.2, 0.25) is 0 Å². The second kappa shape index (κ2) is 3.06. The van der Waals surface area contributed by atoms with Crippen LogP contribution in [0.4, 0.5) is 0 Å². The summed E-state index contributed by atoms with van der Waals surface area (Å²) in [4.78, 5) is 0. The van der Waals surface area contributed by atoms with Gasteiger partial charge in [-0.25, -0.2) is 0 Å². The van der Waals surface area contributed by atoms with E-state index in [2.05, 4.69) is 6.07 Å². The molecule has 1 aliphatic carbocycles. The molecule has 1 saturated carbocycles. The Kier molecular flexibility index (Phi) is 2.06. The minimum atomic E-state index is -0.0145. The van der Waals surface area contributed by atoms with Crippen LogP contribution >= 0.6 is 0 Å². The van der Waals surface area contributed by atoms with Crippen LogP contribution in [-0.4, -0.2) is 13.2 Å². The third-order valence-corrected chi connectivity index (χ3v) is 3.06. The molecule has 0 amide bonds. The highest BCUT2D eigenvalue weighted by Gasteiger charge is 2.38. The van der Waals surface area contributed by atoms with Gasteiger partial charge >= 0.3 is 0 Å². The summed E-state index contributed by atoms with van der Waals surface area (Å²) in [6, 6.07) is 2.51. The molecule has 2 fully saturated rings. The van der Waals surface area contributed by atoms with Gasteiger partial charge in [0.25, 0.3) is 0 Å². The molecule has 0 aromatic heterocycles. The predicted molar refractivity (Wildman–Crippen MR) is 45.4 cm³/mol. The highest BCUT2D eigenvalue weighted by Crippen LogP contribution is 2.44. The van der Waals surface area contributed by atoms with Crippen LogP contribution in [0.1, 0.15) is 32.1 Å². The minimum absolute atomic E-state index is 0.0145. The first-order valence-corrected chi connectivity index (χ1v) is 4.84. The fraction of sp³-hybridized carbons (Fsp3) is 0.900. The number of hydrogen-bond acceptors (Lipinski definition) is 2. The third kappa shape index (κ3) is 1.61. The van der Waals surface area contributed by atoms with Crippen LogP contribution in [0.25, 0.3) is 0 Å². The van der Waals surface area contributed by atoms with Crippen molar-refractivity contribution in [3.8, 4) is 6.07 Å². The topological polar surface area (TPSA) is 33.0 Å². The summed E-state index contributed by atoms with van der Waals surface area (Å²) in [5.74, 6) is 0.864. The van der Waals surface area contributed by atoms with Crippen LogP contribution in [0, 0.1) is 22.7 Å². The van der Waals surface area contributed by atoms with Crippen LogP contribution < -0.4 is 0 Å². The normalized spacial score (nSPS) is 27.9. The van der Waals surface area contributed by atoms with Gasteiger partial charge in [-0.2, -0.15) is 5.26 Å². The van der Waals surface area contributed by atoms with E-state index >= 15 is 0 Å². The summed E-state index contributed by atoms with van der Waals surface area (Å²) in [6.45, 7) is 1.58. The molecule has 1 aliphatic heterocycles. The molecule has 0 N–H and O–H groups in total. The van der Waals surface area contributed by atoms with Gasteiger partial charge < -0.3 is 4.74 Å². The van der Waals surface area contributed by atoms with Crippen molar-refractivity contribution >= 4 is 0 Å². The predicted octanol–water partition coefficient (Wildman–Crippen LogP) is 2.11. The van der Waals surface area contributed by atoms with Crippen molar-refractivity contribution in [2.75, 3.05) is 13.2 Å². The van der Waals surface area contributed by atoms with Gasteiger partial charge in [-0.15, -0.1) is 0 Å². The van der Waals surface area contributed by atoms with Crippen molar-refractivity contribution in [2.45, 2.75) is 32.1 Å². The summed E-state index contributed by atoms with van der Waals surface area (Å²) in [5, 5.41) is 9.11. The van der Waals surface area contributed by atoms with Crippen molar-refractivity contribution in [2.24, 2.45) is 11.3 Å². The Balaban J connectivity index is 1.96. The monoisotopic (exact) mass is 165 g/mol. The van der Waals surface area contributed by atoms with Gasteiger partial charge in [0, 0.05) is 13.2 Å². The SMILES string of the molecule is N#CC1(CC2CC2)CCOCC1. The second-order valence-electron chi connectivity index (χ2n) is 4.15. The molecular weight excluding hydrogens is 150 g/mol. The zero-order chi connectivity index (χ0) is 8.44. The molecule has 0 atom stereocenters. The maximum absolute atomic E-state index is 9.11. The summed E-state index contributed by atoms with van der Waals surface area (Å²) in [7, 11) is 0. The fourth-order valence-corrected chi connectivity index (χ4v) is 2.00. The minimum Gasteiger partial charge on any atom is -0.381 e. The Morgan fingerprint density at radius 2 is 2.00 bits per heavy atom. The van der Waals surface area contributed by atoms with Gasteiger partial charge in [-0.05, 0) is 25.2 Å². The van der Waals surface area contributed by atoms with E-state index in [0.717, 1.165) is 38.4 Å². The van der Waals surface area contributed by atoms with E-state index in [0.29, 0.717) is 0 Å². The van der Waals surface area contributed by atoms with E-state index in [1.165, 1.54) is 12.8 Å². The summed E-state index contributed by atoms with van der Waals surface area (Å²) < 4.78 is 5.28. The molecule has 1 saturated heterocycles. The zero-order valence-electron chi connectivity index (χ0n) is 7.38. The number of nitriles is 1. The van der Waals surface area contributed by atoms with Gasteiger partial charge in [0.2, 0.25) is 0 Å². The Morgan fingerprint density at radius 3 is 2.50 bits per heavy atom. The lowest BCUT2D eigenvalue weighted by Crippen LogP contribution is -2.28. The molecular formula is C10H15NO. The largest absolute Gasteiger partial charge is 0.381 e. The van der Waals surface area contributed by atoms with E-state index in [1.54, 1.807) is 0 Å². The van der Waals surface area contributed by atoms with Gasteiger partial charge in [0.15, 0.2) is 0 Å². The first kappa shape index (κ1) is 8.07. The highest BCUT2D eigenvalue weighted by atomic mass is 16.5. The van der Waals surface area contributed by atoms with E-state index in [1.807, 2.05) is 0 Å². The van der Waals surface area contributed by atoms with Crippen molar-refractivity contribution in [1.29, 1.82) is 5.26 Å². The summed E-state index contributed by atoms with van der Waals surface area (Å²) in [6.07, 6.45) is 5.75. The molecule has 2 rings (SSSR count). The highest BCUT2D eigenvalue weighted by molar-refractivity contribution is 5.02. The Hall–Kier alpha value is -0.550. The van der Waals surface area contributed by atoms with E-state index in [4.69, 9.17) is 10.00 Å². The van der Waals surface area contributed by atoms with E-state index in [-0.39, 0.29) is 5.41 Å². The number of hydrogen-bond donors (Lipinski definition) is 0. The lowest BCUT2D eigenvalue weighted by Gasteiger charge is -2.30. The molecule has 66 valence electrons. The molecule has 0 unspecified atom stereocenters. The smallest absolute Gasteiger partial charge is 0.0691 e. The molecule has 2 heteroatoms. The van der Waals surface area contributed by atoms with Gasteiger partial charge in [0.05, 0.1) is 11.5 Å². The van der Waals surface area contributed by atoms with Gasteiger partial charge in [0.1, 0.15) is 0 Å². The van der Waals surface area contributed by atoms with Crippen molar-refractivity contribution in [1.82, 2.24) is 0 Å². The zero-order valence-corrected chi connectivity index (χ0v) is 7.38. The first-order chi connectivity index (χ1) is 5.85. The van der Waals surface area contributed by atoms with Crippen molar-refractivity contribution < 1.29 is 4.74 Å². The lowest BCUT2D eigenvalue weighted by molar-refractivity contribution is 0.0346. The number of nitrogens with zero attached hydrogens (tertiary/aromatic N) is 1. The standard InChI is InChI=1S/C10H15NO/c11-8-10(7-9-1-2-9)3-5-12-6-4-10/h9H,1-7H2. The number of rotatable bonds is 2. The Labute approximate surface area is 73.5 Å². The molecule has 2 nitrogen and oxygen atoms in total. The maximum Gasteiger partial charge on any atom is 0.0691 e. The lowest BCUT2D eigenvalue weighted by atomic mass is 9.77. The maximum atomic E-state index is 9.11. The molecule has 0 bridgehead atoms. The van der Waals surface area contributed by atoms with Crippen molar-refractivity contribution in [3.05, 3.63) is 0 Å². The molecule has 0 aromatic rings. The van der Waals surface area contributed by atoms with E-state index < -0.39 is 0 Å². The van der Waals surface area contributed by atoms with Crippen LogP contribution in [-0.2, 0) is 4.74 Å². The molecule has 0 spiro atoms. The number of ether oxygens (including phenoxy) is 1. The van der Waals surface area contributed by atoms with Crippen LogP contribution in [0.15, 0.2) is 0 Å². The average molecular weight is 165 g/mol. The second-order valence-corrected chi connectivity index (χ2v) is 4.15. The average Bonchev–Trinajstić information content (AvgIpc) is 2.90. The summed E-state index contributed by atoms with van der Waals surface area (Å²) >= 11 is 0. The Bertz CT molecular complexity index is 196. The molecule has 2 aliphatic rings. The molecule has 1 heterocycles. The third-order valence-electron chi connectivity index (χ3n) is 3.06.